The van der Waals surface area contributed by atoms with Crippen LogP contribution in [0.5, 0.6) is 0 Å². The molecule has 1 aromatic heterocycles. The molecule has 2 rings (SSSR count). The third-order valence-corrected chi connectivity index (χ3v) is 4.35. The lowest BCUT2D eigenvalue weighted by Crippen LogP contribution is -2.47. The maximum atomic E-state index is 12.2. The summed E-state index contributed by atoms with van der Waals surface area (Å²) in [4.78, 5) is 27.3. The van der Waals surface area contributed by atoms with Gasteiger partial charge in [0.2, 0.25) is 0 Å². The zero-order valence-corrected chi connectivity index (χ0v) is 12.0. The van der Waals surface area contributed by atoms with E-state index in [0.717, 1.165) is 6.42 Å². The number of hydrogen-bond acceptors (Lipinski definition) is 4. The fraction of sp³-hybridized carbons (Fsp3) is 0.538. The number of hydrogen-bond donors (Lipinski definition) is 2. The quantitative estimate of drug-likeness (QED) is 0.864. The molecular formula is C13H18N2O4S. The van der Waals surface area contributed by atoms with Gasteiger partial charge in [-0.3, -0.25) is 0 Å². The number of β-amino-alcohol motifs (C(OH)–C–C–N with tert-alkyl or cyclic N) is 1. The van der Waals surface area contributed by atoms with Gasteiger partial charge in [-0.25, -0.2) is 9.59 Å². The van der Waals surface area contributed by atoms with E-state index < -0.39 is 18.1 Å². The monoisotopic (exact) mass is 298 g/mol. The Kier molecular flexibility index (Phi) is 4.61. The summed E-state index contributed by atoms with van der Waals surface area (Å²) in [5.74, 6) is -1.07. The smallest absolute Gasteiger partial charge is 0.326 e. The van der Waals surface area contributed by atoms with Gasteiger partial charge in [0.15, 0.2) is 0 Å². The van der Waals surface area contributed by atoms with Gasteiger partial charge in [0.1, 0.15) is 6.04 Å². The Morgan fingerprint density at radius 1 is 1.55 bits per heavy atom. The van der Waals surface area contributed by atoms with Crippen LogP contribution in [0.4, 0.5) is 4.79 Å². The molecule has 2 N–H and O–H groups in total. The second-order valence-electron chi connectivity index (χ2n) is 4.93. The Morgan fingerprint density at radius 2 is 2.30 bits per heavy atom. The first-order chi connectivity index (χ1) is 9.49. The van der Waals surface area contributed by atoms with Crippen molar-refractivity contribution >= 4 is 23.3 Å². The SMILES string of the molecule is CN(CCc1cccs1)C(=O)N1CC(O)CC1C(=O)O. The predicted octanol–water partition coefficient (Wildman–Crippen LogP) is 0.862. The molecule has 1 aliphatic heterocycles. The number of amides is 2. The summed E-state index contributed by atoms with van der Waals surface area (Å²) in [5.41, 5.74) is 0. The van der Waals surface area contributed by atoms with Crippen molar-refractivity contribution in [1.29, 1.82) is 0 Å². The number of likely N-dealkylation sites (tertiary alicyclic amines) is 1. The molecule has 110 valence electrons. The predicted molar refractivity (Wildman–Crippen MR) is 74.8 cm³/mol. The van der Waals surface area contributed by atoms with Gasteiger partial charge < -0.3 is 20.0 Å². The standard InChI is InChI=1S/C13H18N2O4S/c1-14(5-4-10-3-2-6-20-10)13(19)15-8-9(16)7-11(15)12(17)18/h2-3,6,9,11,16H,4-5,7-8H2,1H3,(H,17,18). The van der Waals surface area contributed by atoms with Gasteiger partial charge in [0.05, 0.1) is 6.10 Å². The molecule has 0 aliphatic carbocycles. The van der Waals surface area contributed by atoms with Crippen LogP contribution in [-0.2, 0) is 11.2 Å². The summed E-state index contributed by atoms with van der Waals surface area (Å²) in [6.07, 6.45) is 0.0826. The summed E-state index contributed by atoms with van der Waals surface area (Å²) in [6.45, 7) is 0.609. The molecule has 20 heavy (non-hydrogen) atoms. The molecule has 1 fully saturated rings. The van der Waals surface area contributed by atoms with Crippen molar-refractivity contribution < 1.29 is 19.8 Å². The second kappa shape index (κ2) is 6.23. The third kappa shape index (κ3) is 3.29. The first-order valence-electron chi connectivity index (χ1n) is 6.44. The van der Waals surface area contributed by atoms with Crippen molar-refractivity contribution in [2.75, 3.05) is 20.1 Å². The first-order valence-corrected chi connectivity index (χ1v) is 7.32. The molecule has 0 aromatic carbocycles. The lowest BCUT2D eigenvalue weighted by molar-refractivity contribution is -0.141. The number of carbonyl (C=O) groups excluding carboxylic acids is 1. The minimum absolute atomic E-state index is 0.0825. The number of aliphatic hydroxyl groups is 1. The molecule has 0 spiro atoms. The third-order valence-electron chi connectivity index (χ3n) is 3.41. The van der Waals surface area contributed by atoms with E-state index in [1.54, 1.807) is 18.4 Å². The molecule has 0 saturated carbocycles. The van der Waals surface area contributed by atoms with Gasteiger partial charge in [0.25, 0.3) is 0 Å². The van der Waals surface area contributed by atoms with Crippen molar-refractivity contribution in [2.24, 2.45) is 0 Å². The maximum absolute atomic E-state index is 12.2. The van der Waals surface area contributed by atoms with E-state index in [1.807, 2.05) is 17.5 Å². The summed E-state index contributed by atoms with van der Waals surface area (Å²) >= 11 is 1.63. The summed E-state index contributed by atoms with van der Waals surface area (Å²) in [7, 11) is 1.65. The number of rotatable bonds is 4. The van der Waals surface area contributed by atoms with E-state index in [9.17, 15) is 14.7 Å². The molecule has 7 heteroatoms. The number of carbonyl (C=O) groups is 2. The van der Waals surface area contributed by atoms with Crippen molar-refractivity contribution in [3.8, 4) is 0 Å². The number of nitrogens with zero attached hydrogens (tertiary/aromatic N) is 2. The van der Waals surface area contributed by atoms with Gasteiger partial charge in [-0.2, -0.15) is 0 Å². The molecule has 2 atom stereocenters. The topological polar surface area (TPSA) is 81.1 Å². The molecule has 1 aromatic rings. The van der Waals surface area contributed by atoms with Crippen LogP contribution < -0.4 is 0 Å². The van der Waals surface area contributed by atoms with E-state index in [1.165, 1.54) is 14.7 Å². The van der Waals surface area contributed by atoms with Crippen LogP contribution in [-0.4, -0.2) is 64.3 Å². The lowest BCUT2D eigenvalue weighted by Gasteiger charge is -2.27. The molecule has 2 amide bonds. The first kappa shape index (κ1) is 14.8. The maximum Gasteiger partial charge on any atom is 0.326 e. The number of carboxylic acid groups (broad SMARTS) is 1. The zero-order chi connectivity index (χ0) is 14.7. The summed E-state index contributed by atoms with van der Waals surface area (Å²) in [5, 5.41) is 20.6. The molecule has 1 saturated heterocycles. The largest absolute Gasteiger partial charge is 0.480 e. The minimum Gasteiger partial charge on any atom is -0.480 e. The van der Waals surface area contributed by atoms with Gasteiger partial charge >= 0.3 is 12.0 Å². The van der Waals surface area contributed by atoms with Crippen LogP contribution in [0, 0.1) is 0 Å². The van der Waals surface area contributed by atoms with Crippen LogP contribution in [0.3, 0.4) is 0 Å². The number of urea groups is 1. The Hall–Kier alpha value is -1.60. The van der Waals surface area contributed by atoms with Crippen molar-refractivity contribution in [2.45, 2.75) is 25.0 Å². The number of likely N-dealkylation sites (N-methyl/N-ethyl adjacent to an activating group) is 1. The van der Waals surface area contributed by atoms with E-state index in [-0.39, 0.29) is 19.0 Å². The Balaban J connectivity index is 1.93. The van der Waals surface area contributed by atoms with Crippen molar-refractivity contribution in [3.05, 3.63) is 22.4 Å². The molecule has 1 aliphatic rings. The van der Waals surface area contributed by atoms with E-state index in [2.05, 4.69) is 0 Å². The summed E-state index contributed by atoms with van der Waals surface area (Å²) < 4.78 is 0. The van der Waals surface area contributed by atoms with Gasteiger partial charge in [0, 0.05) is 31.4 Å². The fourth-order valence-corrected chi connectivity index (χ4v) is 3.01. The second-order valence-corrected chi connectivity index (χ2v) is 5.96. The van der Waals surface area contributed by atoms with Crippen molar-refractivity contribution in [3.63, 3.8) is 0 Å². The molecule has 0 radical (unpaired) electrons. The number of aliphatic hydroxyl groups excluding tert-OH is 1. The highest BCUT2D eigenvalue weighted by Gasteiger charge is 2.39. The Morgan fingerprint density at radius 3 is 2.90 bits per heavy atom. The molecule has 2 unspecified atom stereocenters. The van der Waals surface area contributed by atoms with Crippen LogP contribution in [0.25, 0.3) is 0 Å². The summed E-state index contributed by atoms with van der Waals surface area (Å²) in [6, 6.07) is 2.69. The van der Waals surface area contributed by atoms with Crippen LogP contribution in [0.1, 0.15) is 11.3 Å². The Labute approximate surface area is 121 Å². The average Bonchev–Trinajstić information content (AvgIpc) is 3.03. The molecule has 6 nitrogen and oxygen atoms in total. The van der Waals surface area contributed by atoms with Crippen LogP contribution >= 0.6 is 11.3 Å². The van der Waals surface area contributed by atoms with Gasteiger partial charge in [-0.15, -0.1) is 11.3 Å². The normalized spacial score (nSPS) is 22.0. The lowest BCUT2D eigenvalue weighted by atomic mass is 10.2. The van der Waals surface area contributed by atoms with Crippen LogP contribution in [0.2, 0.25) is 0 Å². The highest BCUT2D eigenvalue weighted by molar-refractivity contribution is 7.09. The zero-order valence-electron chi connectivity index (χ0n) is 11.2. The van der Waals surface area contributed by atoms with Crippen LogP contribution in [0.15, 0.2) is 17.5 Å². The highest BCUT2D eigenvalue weighted by Crippen LogP contribution is 2.20. The van der Waals surface area contributed by atoms with E-state index >= 15 is 0 Å². The van der Waals surface area contributed by atoms with E-state index in [0.29, 0.717) is 6.54 Å². The number of carboxylic acids is 1. The fourth-order valence-electron chi connectivity index (χ4n) is 2.31. The number of aliphatic carboxylic acids is 1. The average molecular weight is 298 g/mol. The van der Waals surface area contributed by atoms with E-state index in [4.69, 9.17) is 5.11 Å². The molecule has 0 bridgehead atoms. The van der Waals surface area contributed by atoms with Crippen molar-refractivity contribution in [1.82, 2.24) is 9.80 Å². The Bertz CT molecular complexity index is 477. The molecular weight excluding hydrogens is 280 g/mol. The van der Waals surface area contributed by atoms with Gasteiger partial charge in [-0.1, -0.05) is 6.07 Å². The highest BCUT2D eigenvalue weighted by atomic mass is 32.1. The number of thiophene rings is 1. The molecule has 2 heterocycles. The minimum atomic E-state index is -1.07. The van der Waals surface area contributed by atoms with Gasteiger partial charge in [-0.05, 0) is 17.9 Å².